The van der Waals surface area contributed by atoms with Crippen molar-refractivity contribution in [3.8, 4) is 0 Å². The molecule has 0 N–H and O–H groups in total. The Morgan fingerprint density at radius 2 is 2.08 bits per heavy atom. The Hall–Kier alpha value is -0.290. The van der Waals surface area contributed by atoms with E-state index in [1.165, 1.54) is 3.93 Å². The quantitative estimate of drug-likeness (QED) is 0.530. The SMILES string of the molecule is CCC1(C)C(=O)N(Cl)C(=O)N1Br. The lowest BCUT2D eigenvalue weighted by atomic mass is 10.0. The summed E-state index contributed by atoms with van der Waals surface area (Å²) in [5.74, 6) is -0.395. The molecular formula is C6H8BrClN2O2. The first-order valence-corrected chi connectivity index (χ1v) is 4.50. The summed E-state index contributed by atoms with van der Waals surface area (Å²) in [6.45, 7) is 3.47. The monoisotopic (exact) mass is 254 g/mol. The highest BCUT2D eigenvalue weighted by molar-refractivity contribution is 9.07. The average molecular weight is 255 g/mol. The Morgan fingerprint density at radius 1 is 1.58 bits per heavy atom. The third kappa shape index (κ3) is 1.03. The molecule has 0 aliphatic carbocycles. The number of amides is 3. The molecule has 0 aromatic rings. The van der Waals surface area contributed by atoms with Crippen molar-refractivity contribution >= 4 is 39.9 Å². The van der Waals surface area contributed by atoms with Crippen LogP contribution in [0.5, 0.6) is 0 Å². The van der Waals surface area contributed by atoms with E-state index in [0.29, 0.717) is 10.8 Å². The van der Waals surface area contributed by atoms with Crippen LogP contribution >= 0.6 is 27.9 Å². The highest BCUT2D eigenvalue weighted by atomic mass is 79.9. The first-order chi connectivity index (χ1) is 5.45. The average Bonchev–Trinajstić information content (AvgIpc) is 2.22. The van der Waals surface area contributed by atoms with E-state index in [1.807, 2.05) is 6.92 Å². The molecule has 1 fully saturated rings. The second-order valence-corrected chi connectivity index (χ2v) is 3.82. The molecule has 1 atom stereocenters. The molecule has 0 aromatic carbocycles. The Morgan fingerprint density at radius 3 is 2.25 bits per heavy atom. The van der Waals surface area contributed by atoms with Gasteiger partial charge < -0.3 is 0 Å². The number of rotatable bonds is 1. The molecule has 1 heterocycles. The topological polar surface area (TPSA) is 40.6 Å². The largest absolute Gasteiger partial charge is 0.352 e. The molecule has 0 aromatic heterocycles. The van der Waals surface area contributed by atoms with Crippen molar-refractivity contribution < 1.29 is 9.59 Å². The lowest BCUT2D eigenvalue weighted by Crippen LogP contribution is -2.40. The van der Waals surface area contributed by atoms with E-state index in [1.54, 1.807) is 6.92 Å². The van der Waals surface area contributed by atoms with Gasteiger partial charge in [-0.05, 0) is 13.3 Å². The number of hydrogen-bond donors (Lipinski definition) is 0. The Kier molecular flexibility index (Phi) is 2.35. The van der Waals surface area contributed by atoms with Gasteiger partial charge in [0.05, 0.1) is 16.1 Å². The number of imide groups is 1. The van der Waals surface area contributed by atoms with Gasteiger partial charge in [0.1, 0.15) is 5.54 Å². The van der Waals surface area contributed by atoms with E-state index in [-0.39, 0.29) is 0 Å². The van der Waals surface area contributed by atoms with Gasteiger partial charge in [-0.1, -0.05) is 6.92 Å². The van der Waals surface area contributed by atoms with Crippen molar-refractivity contribution in [2.24, 2.45) is 0 Å². The fourth-order valence-electron chi connectivity index (χ4n) is 0.961. The van der Waals surface area contributed by atoms with Gasteiger partial charge in [-0.15, -0.1) is 0 Å². The van der Waals surface area contributed by atoms with Crippen molar-refractivity contribution in [3.05, 3.63) is 0 Å². The minimum Gasteiger partial charge on any atom is -0.270 e. The van der Waals surface area contributed by atoms with Crippen LogP contribution in [0.3, 0.4) is 0 Å². The van der Waals surface area contributed by atoms with Crippen LogP contribution < -0.4 is 0 Å². The zero-order valence-electron chi connectivity index (χ0n) is 6.67. The Bertz CT molecular complexity index is 248. The van der Waals surface area contributed by atoms with Crippen molar-refractivity contribution in [3.63, 3.8) is 0 Å². The van der Waals surface area contributed by atoms with E-state index in [4.69, 9.17) is 11.8 Å². The van der Waals surface area contributed by atoms with Crippen LogP contribution in [0.25, 0.3) is 0 Å². The summed E-state index contributed by atoms with van der Waals surface area (Å²) < 4.78 is 1.77. The second kappa shape index (κ2) is 2.88. The second-order valence-electron chi connectivity index (χ2n) is 2.78. The molecule has 1 rings (SSSR count). The summed E-state index contributed by atoms with van der Waals surface area (Å²) in [6, 6.07) is -0.536. The number of nitrogens with zero attached hydrogens (tertiary/aromatic N) is 2. The van der Waals surface area contributed by atoms with Gasteiger partial charge in [-0.3, -0.25) is 4.79 Å². The van der Waals surface area contributed by atoms with Gasteiger partial charge in [0, 0.05) is 11.8 Å². The number of carbonyl (C=O) groups is 2. The molecule has 3 amide bonds. The molecule has 0 spiro atoms. The predicted octanol–water partition coefficient (Wildman–Crippen LogP) is 1.88. The molecular weight excluding hydrogens is 247 g/mol. The summed E-state index contributed by atoms with van der Waals surface area (Å²) >= 11 is 8.44. The van der Waals surface area contributed by atoms with E-state index < -0.39 is 17.5 Å². The molecule has 1 aliphatic rings. The van der Waals surface area contributed by atoms with Gasteiger partial charge in [-0.25, -0.2) is 8.72 Å². The summed E-state index contributed by atoms with van der Waals surface area (Å²) in [6.07, 6.45) is 0.520. The molecule has 0 bridgehead atoms. The third-order valence-electron chi connectivity index (χ3n) is 2.10. The fraction of sp³-hybridized carbons (Fsp3) is 0.667. The standard InChI is InChI=1S/C6H8BrClN2O2/c1-3-6(2)4(11)9(8)5(12)10(6)7/h3H2,1-2H3. The van der Waals surface area contributed by atoms with E-state index in [0.717, 1.165) is 0 Å². The predicted molar refractivity (Wildman–Crippen MR) is 47.6 cm³/mol. The van der Waals surface area contributed by atoms with Crippen LogP contribution in [0.2, 0.25) is 0 Å². The van der Waals surface area contributed by atoms with Crippen molar-refractivity contribution in [2.75, 3.05) is 0 Å². The summed E-state index contributed by atoms with van der Waals surface area (Å²) in [7, 11) is 0. The zero-order valence-corrected chi connectivity index (χ0v) is 9.02. The van der Waals surface area contributed by atoms with Crippen LogP contribution in [0.1, 0.15) is 20.3 Å². The molecule has 1 saturated heterocycles. The van der Waals surface area contributed by atoms with E-state index >= 15 is 0 Å². The highest BCUT2D eigenvalue weighted by Crippen LogP contribution is 2.34. The molecule has 1 aliphatic heterocycles. The lowest BCUT2D eigenvalue weighted by molar-refractivity contribution is -0.128. The van der Waals surface area contributed by atoms with Gasteiger partial charge in [0.15, 0.2) is 0 Å². The molecule has 6 heteroatoms. The normalized spacial score (nSPS) is 30.3. The zero-order chi connectivity index (χ0) is 9.52. The van der Waals surface area contributed by atoms with Gasteiger partial charge in [0.2, 0.25) is 0 Å². The van der Waals surface area contributed by atoms with Crippen LogP contribution in [-0.2, 0) is 4.79 Å². The molecule has 68 valence electrons. The van der Waals surface area contributed by atoms with Crippen LogP contribution in [0, 0.1) is 0 Å². The maximum absolute atomic E-state index is 11.4. The first kappa shape index (κ1) is 9.80. The van der Waals surface area contributed by atoms with Gasteiger partial charge in [-0.2, -0.15) is 4.42 Å². The minimum absolute atomic E-state index is 0.395. The van der Waals surface area contributed by atoms with E-state index in [2.05, 4.69) is 16.1 Å². The first-order valence-electron chi connectivity index (χ1n) is 3.45. The van der Waals surface area contributed by atoms with Crippen molar-refractivity contribution in [2.45, 2.75) is 25.8 Å². The number of hydrogen-bond acceptors (Lipinski definition) is 2. The Balaban J connectivity index is 3.06. The molecule has 0 saturated carbocycles. The highest BCUT2D eigenvalue weighted by Gasteiger charge is 2.52. The van der Waals surface area contributed by atoms with Crippen LogP contribution in [0.15, 0.2) is 0 Å². The van der Waals surface area contributed by atoms with Crippen LogP contribution in [-0.4, -0.2) is 25.8 Å². The smallest absolute Gasteiger partial charge is 0.270 e. The fourth-order valence-corrected chi connectivity index (χ4v) is 1.87. The van der Waals surface area contributed by atoms with Gasteiger partial charge >= 0.3 is 6.03 Å². The molecule has 1 unspecified atom stereocenters. The number of carbonyl (C=O) groups excluding carboxylic acids is 2. The van der Waals surface area contributed by atoms with Crippen LogP contribution in [0.4, 0.5) is 4.79 Å². The molecule has 4 nitrogen and oxygen atoms in total. The summed E-state index contributed by atoms with van der Waals surface area (Å²) in [4.78, 5) is 22.5. The van der Waals surface area contributed by atoms with Crippen molar-refractivity contribution in [1.29, 1.82) is 0 Å². The van der Waals surface area contributed by atoms with Crippen molar-refractivity contribution in [1.82, 2.24) is 8.34 Å². The third-order valence-corrected chi connectivity index (χ3v) is 3.48. The molecule has 12 heavy (non-hydrogen) atoms. The maximum Gasteiger partial charge on any atom is 0.352 e. The van der Waals surface area contributed by atoms with E-state index in [9.17, 15) is 9.59 Å². The van der Waals surface area contributed by atoms with Gasteiger partial charge in [0.25, 0.3) is 5.91 Å². The minimum atomic E-state index is -0.848. The Labute approximate surface area is 83.9 Å². The lowest BCUT2D eigenvalue weighted by Gasteiger charge is -2.23. The molecule has 0 radical (unpaired) electrons. The summed E-state index contributed by atoms with van der Waals surface area (Å²) in [5, 5.41) is 0. The number of halogens is 2. The summed E-state index contributed by atoms with van der Waals surface area (Å²) in [5.41, 5.74) is -0.848. The maximum atomic E-state index is 11.4. The number of urea groups is 1.